The maximum Gasteiger partial charge on any atom is 0.338 e. The molecule has 112 valence electrons. The monoisotopic (exact) mass is 296 g/mol. The van der Waals surface area contributed by atoms with E-state index in [1.165, 1.54) is 0 Å². The number of benzene rings is 1. The van der Waals surface area contributed by atoms with Gasteiger partial charge in [0.25, 0.3) is 0 Å². The van der Waals surface area contributed by atoms with Crippen LogP contribution in [0.4, 0.5) is 11.4 Å². The molecule has 0 bridgehead atoms. The Kier molecular flexibility index (Phi) is 6.71. The Labute approximate surface area is 125 Å². The number of hydrogen-bond acceptors (Lipinski definition) is 5. The Morgan fingerprint density at radius 2 is 2.20 bits per heavy atom. The third-order valence-corrected chi connectivity index (χ3v) is 3.96. The van der Waals surface area contributed by atoms with Gasteiger partial charge in [-0.25, -0.2) is 4.79 Å². The first-order chi connectivity index (χ1) is 9.51. The highest BCUT2D eigenvalue weighted by Crippen LogP contribution is 2.26. The molecule has 1 unspecified atom stereocenters. The zero-order valence-corrected chi connectivity index (χ0v) is 13.5. The van der Waals surface area contributed by atoms with Crippen LogP contribution in [0.2, 0.25) is 0 Å². The molecule has 2 N–H and O–H groups in total. The molecule has 0 saturated carbocycles. The molecule has 1 atom stereocenters. The van der Waals surface area contributed by atoms with Crippen molar-refractivity contribution in [2.24, 2.45) is 0 Å². The van der Waals surface area contributed by atoms with Gasteiger partial charge in [-0.3, -0.25) is 0 Å². The Morgan fingerprint density at radius 3 is 2.75 bits per heavy atom. The number of hydrogen-bond donors (Lipinski definition) is 1. The lowest BCUT2D eigenvalue weighted by atomic mass is 10.1. The highest BCUT2D eigenvalue weighted by molar-refractivity contribution is 7.98. The molecule has 0 radical (unpaired) electrons. The number of nitrogens with two attached hydrogens (primary N) is 1. The summed E-state index contributed by atoms with van der Waals surface area (Å²) in [7, 11) is 2.03. The molecule has 20 heavy (non-hydrogen) atoms. The van der Waals surface area contributed by atoms with E-state index in [0.717, 1.165) is 17.9 Å². The van der Waals surface area contributed by atoms with Crippen LogP contribution in [0.25, 0.3) is 0 Å². The molecular weight excluding hydrogens is 272 g/mol. The Morgan fingerprint density at radius 1 is 1.50 bits per heavy atom. The number of anilines is 2. The third-order valence-electron chi connectivity index (χ3n) is 3.32. The fraction of sp³-hybridized carbons (Fsp3) is 0.533. The fourth-order valence-electron chi connectivity index (χ4n) is 1.94. The van der Waals surface area contributed by atoms with E-state index in [0.29, 0.717) is 23.9 Å². The number of carbonyl (C=O) groups is 1. The summed E-state index contributed by atoms with van der Waals surface area (Å²) in [6.07, 6.45) is 3.20. The number of esters is 1. The van der Waals surface area contributed by atoms with Crippen LogP contribution >= 0.6 is 11.8 Å². The van der Waals surface area contributed by atoms with Crippen LogP contribution in [0.15, 0.2) is 18.2 Å². The number of carbonyl (C=O) groups excluding carboxylic acids is 1. The summed E-state index contributed by atoms with van der Waals surface area (Å²) in [6.45, 7) is 4.33. The number of nitrogen functional groups attached to an aromatic ring is 1. The average Bonchev–Trinajstić information content (AvgIpc) is 2.44. The number of nitrogens with zero attached hydrogens (tertiary/aromatic N) is 1. The molecule has 0 aliphatic carbocycles. The maximum absolute atomic E-state index is 11.7. The van der Waals surface area contributed by atoms with E-state index < -0.39 is 0 Å². The minimum Gasteiger partial charge on any atom is -0.462 e. The molecule has 1 aromatic rings. The van der Waals surface area contributed by atoms with E-state index in [1.807, 2.05) is 24.9 Å². The van der Waals surface area contributed by atoms with E-state index in [4.69, 9.17) is 10.5 Å². The van der Waals surface area contributed by atoms with Crippen LogP contribution in [0.3, 0.4) is 0 Å². The smallest absolute Gasteiger partial charge is 0.338 e. The van der Waals surface area contributed by atoms with Crippen molar-refractivity contribution in [3.05, 3.63) is 23.8 Å². The van der Waals surface area contributed by atoms with Crippen LogP contribution in [0, 0.1) is 0 Å². The zero-order valence-electron chi connectivity index (χ0n) is 12.7. The van der Waals surface area contributed by atoms with Gasteiger partial charge in [0.05, 0.1) is 23.5 Å². The molecule has 0 amide bonds. The SMILES string of the molecule is CCOC(=O)c1ccc(N(C)C(C)CCSC)c(N)c1. The molecule has 0 fully saturated rings. The molecule has 0 saturated heterocycles. The van der Waals surface area contributed by atoms with Gasteiger partial charge in [-0.2, -0.15) is 11.8 Å². The standard InChI is InChI=1S/C15H24N2O2S/c1-5-19-15(18)12-6-7-14(13(16)10-12)17(3)11(2)8-9-20-4/h6-7,10-11H,5,8-9,16H2,1-4H3. The molecule has 1 rings (SSSR count). The van der Waals surface area contributed by atoms with Crippen molar-refractivity contribution < 1.29 is 9.53 Å². The molecule has 0 aromatic heterocycles. The third kappa shape index (κ3) is 4.34. The molecule has 4 nitrogen and oxygen atoms in total. The first-order valence-electron chi connectivity index (χ1n) is 6.79. The topological polar surface area (TPSA) is 55.6 Å². The Balaban J connectivity index is 2.84. The van der Waals surface area contributed by atoms with Gasteiger partial charge in [-0.15, -0.1) is 0 Å². The number of ether oxygens (including phenoxy) is 1. The highest BCUT2D eigenvalue weighted by Gasteiger charge is 2.14. The Bertz CT molecular complexity index is 451. The van der Waals surface area contributed by atoms with Gasteiger partial charge >= 0.3 is 5.97 Å². The van der Waals surface area contributed by atoms with Crippen molar-refractivity contribution in [1.29, 1.82) is 0 Å². The van der Waals surface area contributed by atoms with E-state index >= 15 is 0 Å². The lowest BCUT2D eigenvalue weighted by Gasteiger charge is -2.28. The first kappa shape index (κ1) is 16.7. The van der Waals surface area contributed by atoms with Crippen molar-refractivity contribution in [3.63, 3.8) is 0 Å². The van der Waals surface area contributed by atoms with E-state index in [9.17, 15) is 4.79 Å². The van der Waals surface area contributed by atoms with Crippen molar-refractivity contribution in [3.8, 4) is 0 Å². The van der Waals surface area contributed by atoms with E-state index in [2.05, 4.69) is 18.1 Å². The van der Waals surface area contributed by atoms with Gasteiger partial charge in [-0.05, 0) is 50.5 Å². The maximum atomic E-state index is 11.7. The summed E-state index contributed by atoms with van der Waals surface area (Å²) in [5.74, 6) is 0.788. The van der Waals surface area contributed by atoms with Crippen molar-refractivity contribution in [2.45, 2.75) is 26.3 Å². The van der Waals surface area contributed by atoms with Gasteiger partial charge in [0.2, 0.25) is 0 Å². The van der Waals surface area contributed by atoms with Crippen LogP contribution < -0.4 is 10.6 Å². The highest BCUT2D eigenvalue weighted by atomic mass is 32.2. The van der Waals surface area contributed by atoms with Gasteiger partial charge in [0, 0.05) is 13.1 Å². The molecule has 1 aromatic carbocycles. The van der Waals surface area contributed by atoms with Gasteiger partial charge in [-0.1, -0.05) is 0 Å². The summed E-state index contributed by atoms with van der Waals surface area (Å²) >= 11 is 1.84. The van der Waals surface area contributed by atoms with Crippen LogP contribution in [0.5, 0.6) is 0 Å². The van der Waals surface area contributed by atoms with E-state index in [1.54, 1.807) is 19.1 Å². The normalized spacial score (nSPS) is 12.0. The second-order valence-corrected chi connectivity index (χ2v) is 5.72. The first-order valence-corrected chi connectivity index (χ1v) is 8.19. The molecule has 0 aliphatic heterocycles. The van der Waals surface area contributed by atoms with Gasteiger partial charge < -0.3 is 15.4 Å². The summed E-state index contributed by atoms with van der Waals surface area (Å²) in [6, 6.07) is 5.74. The minimum atomic E-state index is -0.330. The average molecular weight is 296 g/mol. The summed E-state index contributed by atoms with van der Waals surface area (Å²) in [5.41, 5.74) is 8.12. The zero-order chi connectivity index (χ0) is 15.1. The minimum absolute atomic E-state index is 0.330. The van der Waals surface area contributed by atoms with Crippen molar-refractivity contribution >= 4 is 29.1 Å². The lowest BCUT2D eigenvalue weighted by molar-refractivity contribution is 0.0526. The largest absolute Gasteiger partial charge is 0.462 e. The predicted molar refractivity (Wildman–Crippen MR) is 87.7 cm³/mol. The summed E-state index contributed by atoms with van der Waals surface area (Å²) in [5, 5.41) is 0. The summed E-state index contributed by atoms with van der Waals surface area (Å²) < 4.78 is 4.97. The molecule has 5 heteroatoms. The second kappa shape index (κ2) is 8.04. The number of rotatable bonds is 7. The molecule has 0 spiro atoms. The predicted octanol–water partition coefficient (Wildman–Crippen LogP) is 3.02. The number of thioether (sulfide) groups is 1. The quantitative estimate of drug-likeness (QED) is 0.619. The van der Waals surface area contributed by atoms with Gasteiger partial charge in [0.15, 0.2) is 0 Å². The fourth-order valence-corrected chi connectivity index (χ4v) is 2.51. The van der Waals surface area contributed by atoms with E-state index in [-0.39, 0.29) is 5.97 Å². The van der Waals surface area contributed by atoms with Gasteiger partial charge in [0.1, 0.15) is 0 Å². The van der Waals surface area contributed by atoms with Crippen molar-refractivity contribution in [2.75, 3.05) is 36.3 Å². The second-order valence-electron chi connectivity index (χ2n) is 4.74. The summed E-state index contributed by atoms with van der Waals surface area (Å²) in [4.78, 5) is 13.8. The van der Waals surface area contributed by atoms with Crippen molar-refractivity contribution in [1.82, 2.24) is 0 Å². The molecule has 0 aliphatic rings. The van der Waals surface area contributed by atoms with Crippen LogP contribution in [0.1, 0.15) is 30.6 Å². The van der Waals surface area contributed by atoms with Crippen LogP contribution in [-0.2, 0) is 4.74 Å². The lowest BCUT2D eigenvalue weighted by Crippen LogP contribution is -2.30. The molecular formula is C15H24N2O2S. The van der Waals surface area contributed by atoms with Crippen LogP contribution in [-0.4, -0.2) is 37.7 Å². The Hall–Kier alpha value is -1.36. The molecule has 0 heterocycles.